The second kappa shape index (κ2) is 7.11. The molecule has 6 nitrogen and oxygen atoms in total. The molecular formula is C19H21ClN4O2. The van der Waals surface area contributed by atoms with Crippen LogP contribution in [-0.2, 0) is 13.0 Å². The first-order chi connectivity index (χ1) is 12.6. The largest absolute Gasteiger partial charge is 0.337 e. The highest BCUT2D eigenvalue weighted by molar-refractivity contribution is 6.30. The summed E-state index contributed by atoms with van der Waals surface area (Å²) >= 11 is 5.90. The van der Waals surface area contributed by atoms with Crippen molar-refractivity contribution >= 4 is 23.4 Å². The van der Waals surface area contributed by atoms with Gasteiger partial charge in [0, 0.05) is 43.3 Å². The van der Waals surface area contributed by atoms with Crippen LogP contribution in [0.15, 0.2) is 30.5 Å². The van der Waals surface area contributed by atoms with E-state index in [9.17, 15) is 9.59 Å². The van der Waals surface area contributed by atoms with Crippen molar-refractivity contribution in [1.29, 1.82) is 0 Å². The molecule has 0 atom stereocenters. The van der Waals surface area contributed by atoms with Crippen molar-refractivity contribution in [3.8, 4) is 0 Å². The minimum absolute atomic E-state index is 0.0117. The fraction of sp³-hybridized carbons (Fsp3) is 0.421. The number of aromatic nitrogens is 2. The van der Waals surface area contributed by atoms with Gasteiger partial charge in [-0.2, -0.15) is 5.10 Å². The van der Waals surface area contributed by atoms with Gasteiger partial charge >= 0.3 is 0 Å². The van der Waals surface area contributed by atoms with E-state index in [1.807, 2.05) is 14.5 Å². The van der Waals surface area contributed by atoms with E-state index in [0.29, 0.717) is 36.8 Å². The Balaban J connectivity index is 1.43. The van der Waals surface area contributed by atoms with Gasteiger partial charge in [0.25, 0.3) is 11.8 Å². The van der Waals surface area contributed by atoms with Crippen LogP contribution in [0.5, 0.6) is 0 Å². The van der Waals surface area contributed by atoms with E-state index in [1.165, 1.54) is 0 Å². The Morgan fingerprint density at radius 2 is 1.58 bits per heavy atom. The standard InChI is InChI=1S/C19H21ClN4O2/c20-15-6-4-14(5-7-15)18(25)22-8-2-9-23(12-11-22)19(26)16-13-21-24-10-1-3-17(16)24/h4-7,13H,1-3,8-12H2. The zero-order valence-corrected chi connectivity index (χ0v) is 15.3. The molecule has 3 heterocycles. The van der Waals surface area contributed by atoms with E-state index in [0.717, 1.165) is 37.1 Å². The second-order valence-corrected chi connectivity index (χ2v) is 7.21. The van der Waals surface area contributed by atoms with Gasteiger partial charge in [0.15, 0.2) is 0 Å². The molecule has 0 bridgehead atoms. The Kier molecular flexibility index (Phi) is 4.68. The van der Waals surface area contributed by atoms with Gasteiger partial charge in [0.2, 0.25) is 0 Å². The molecule has 26 heavy (non-hydrogen) atoms. The van der Waals surface area contributed by atoms with Crippen LogP contribution in [0.4, 0.5) is 0 Å². The van der Waals surface area contributed by atoms with Crippen LogP contribution in [0.3, 0.4) is 0 Å². The number of carbonyl (C=O) groups is 2. The highest BCUT2D eigenvalue weighted by Crippen LogP contribution is 2.21. The van der Waals surface area contributed by atoms with Crippen LogP contribution in [-0.4, -0.2) is 57.6 Å². The Bertz CT molecular complexity index is 831. The summed E-state index contributed by atoms with van der Waals surface area (Å²) in [5.41, 5.74) is 2.40. The van der Waals surface area contributed by atoms with E-state index >= 15 is 0 Å². The number of benzene rings is 1. The average Bonchev–Trinajstić information content (AvgIpc) is 3.17. The highest BCUT2D eigenvalue weighted by atomic mass is 35.5. The molecule has 2 aromatic rings. The molecule has 2 amide bonds. The van der Waals surface area contributed by atoms with Crippen LogP contribution in [0.2, 0.25) is 5.02 Å². The number of amides is 2. The lowest BCUT2D eigenvalue weighted by atomic mass is 10.1. The van der Waals surface area contributed by atoms with Crippen LogP contribution in [0.25, 0.3) is 0 Å². The van der Waals surface area contributed by atoms with E-state index in [1.54, 1.807) is 30.5 Å². The number of fused-ring (bicyclic) bond motifs is 1. The van der Waals surface area contributed by atoms with Crippen molar-refractivity contribution in [1.82, 2.24) is 19.6 Å². The SMILES string of the molecule is O=C(c1ccc(Cl)cc1)N1CCCN(C(=O)c2cnn3c2CCC3)CC1. The van der Waals surface area contributed by atoms with Crippen molar-refractivity contribution in [2.75, 3.05) is 26.2 Å². The summed E-state index contributed by atoms with van der Waals surface area (Å²) in [5, 5.41) is 4.93. The number of rotatable bonds is 2. The highest BCUT2D eigenvalue weighted by Gasteiger charge is 2.27. The van der Waals surface area contributed by atoms with Crippen molar-refractivity contribution < 1.29 is 9.59 Å². The Morgan fingerprint density at radius 1 is 0.885 bits per heavy atom. The molecule has 4 rings (SSSR count). The lowest BCUT2D eigenvalue weighted by Gasteiger charge is -2.22. The van der Waals surface area contributed by atoms with E-state index in [2.05, 4.69) is 5.10 Å². The molecule has 7 heteroatoms. The molecule has 0 spiro atoms. The fourth-order valence-corrected chi connectivity index (χ4v) is 3.84. The number of nitrogens with zero attached hydrogens (tertiary/aromatic N) is 4. The number of carbonyl (C=O) groups excluding carboxylic acids is 2. The van der Waals surface area contributed by atoms with Crippen LogP contribution < -0.4 is 0 Å². The van der Waals surface area contributed by atoms with Gasteiger partial charge in [-0.1, -0.05) is 11.6 Å². The predicted molar refractivity (Wildman–Crippen MR) is 98.4 cm³/mol. The van der Waals surface area contributed by atoms with E-state index in [-0.39, 0.29) is 11.8 Å². The molecule has 1 fully saturated rings. The van der Waals surface area contributed by atoms with Gasteiger partial charge in [-0.05, 0) is 43.5 Å². The van der Waals surface area contributed by atoms with Gasteiger partial charge in [-0.15, -0.1) is 0 Å². The van der Waals surface area contributed by atoms with Crippen molar-refractivity contribution in [2.24, 2.45) is 0 Å². The van der Waals surface area contributed by atoms with E-state index in [4.69, 9.17) is 11.6 Å². The molecule has 0 saturated carbocycles. The van der Waals surface area contributed by atoms with Gasteiger partial charge in [-0.3, -0.25) is 14.3 Å². The zero-order chi connectivity index (χ0) is 18.1. The Labute approximate surface area is 157 Å². The summed E-state index contributed by atoms with van der Waals surface area (Å²) in [5.74, 6) is 0.0244. The lowest BCUT2D eigenvalue weighted by Crippen LogP contribution is -2.37. The maximum Gasteiger partial charge on any atom is 0.257 e. The average molecular weight is 373 g/mol. The van der Waals surface area contributed by atoms with Crippen LogP contribution in [0, 0.1) is 0 Å². The smallest absolute Gasteiger partial charge is 0.257 e. The summed E-state index contributed by atoms with van der Waals surface area (Å²) in [6.07, 6.45) is 4.43. The molecule has 0 N–H and O–H groups in total. The minimum atomic E-state index is -0.0117. The normalized spacial score (nSPS) is 17.1. The molecule has 1 aromatic heterocycles. The van der Waals surface area contributed by atoms with Crippen molar-refractivity contribution in [2.45, 2.75) is 25.8 Å². The third kappa shape index (κ3) is 3.21. The maximum atomic E-state index is 12.9. The number of hydrogen-bond donors (Lipinski definition) is 0. The molecule has 2 aliphatic rings. The van der Waals surface area contributed by atoms with E-state index < -0.39 is 0 Å². The van der Waals surface area contributed by atoms with Crippen LogP contribution in [0.1, 0.15) is 39.3 Å². The third-order valence-corrected chi connectivity index (χ3v) is 5.38. The number of aryl methyl sites for hydroxylation is 1. The molecule has 0 aliphatic carbocycles. The summed E-state index contributed by atoms with van der Waals surface area (Å²) in [6, 6.07) is 6.94. The second-order valence-electron chi connectivity index (χ2n) is 6.78. The summed E-state index contributed by atoms with van der Waals surface area (Å²) < 4.78 is 1.93. The van der Waals surface area contributed by atoms with Crippen molar-refractivity contribution in [3.63, 3.8) is 0 Å². The fourth-order valence-electron chi connectivity index (χ4n) is 3.71. The summed E-state index contributed by atoms with van der Waals surface area (Å²) in [7, 11) is 0. The topological polar surface area (TPSA) is 58.4 Å². The lowest BCUT2D eigenvalue weighted by molar-refractivity contribution is 0.0718. The first-order valence-electron chi connectivity index (χ1n) is 9.02. The molecular weight excluding hydrogens is 352 g/mol. The molecule has 136 valence electrons. The predicted octanol–water partition coefficient (Wildman–Crippen LogP) is 2.47. The summed E-state index contributed by atoms with van der Waals surface area (Å²) in [4.78, 5) is 29.3. The number of halogens is 1. The molecule has 1 saturated heterocycles. The van der Waals surface area contributed by atoms with Crippen LogP contribution >= 0.6 is 11.6 Å². The summed E-state index contributed by atoms with van der Waals surface area (Å²) in [6.45, 7) is 3.29. The molecule has 0 unspecified atom stereocenters. The maximum absolute atomic E-state index is 12.9. The first kappa shape index (κ1) is 17.1. The first-order valence-corrected chi connectivity index (χ1v) is 9.40. The molecule has 0 radical (unpaired) electrons. The Hall–Kier alpha value is -2.34. The minimum Gasteiger partial charge on any atom is -0.337 e. The molecule has 1 aromatic carbocycles. The third-order valence-electron chi connectivity index (χ3n) is 5.12. The van der Waals surface area contributed by atoms with Gasteiger partial charge in [0.05, 0.1) is 17.5 Å². The molecule has 2 aliphatic heterocycles. The monoisotopic (exact) mass is 372 g/mol. The quantitative estimate of drug-likeness (QED) is 0.813. The van der Waals surface area contributed by atoms with Gasteiger partial charge < -0.3 is 9.80 Å². The zero-order valence-electron chi connectivity index (χ0n) is 14.5. The Morgan fingerprint density at radius 3 is 2.31 bits per heavy atom. The van der Waals surface area contributed by atoms with Crippen molar-refractivity contribution in [3.05, 3.63) is 52.3 Å². The number of hydrogen-bond acceptors (Lipinski definition) is 3. The van der Waals surface area contributed by atoms with Gasteiger partial charge in [0.1, 0.15) is 0 Å². The van der Waals surface area contributed by atoms with Gasteiger partial charge in [-0.25, -0.2) is 0 Å².